The number of nitrogens with zero attached hydrogens (tertiary/aromatic N) is 1. The van der Waals surface area contributed by atoms with Gasteiger partial charge in [-0.1, -0.05) is 29.3 Å². The van der Waals surface area contributed by atoms with E-state index >= 15 is 0 Å². The van der Waals surface area contributed by atoms with Crippen LogP contribution in [0, 0.1) is 0 Å². The van der Waals surface area contributed by atoms with Gasteiger partial charge in [-0.3, -0.25) is 9.71 Å². The predicted molar refractivity (Wildman–Crippen MR) is 76.9 cm³/mol. The number of nitrogens with one attached hydrogen (secondary N) is 1. The highest BCUT2D eigenvalue weighted by atomic mass is 35.5. The third-order valence-corrected chi connectivity index (χ3v) is 4.12. The van der Waals surface area contributed by atoms with Crippen molar-refractivity contribution in [3.63, 3.8) is 0 Å². The highest BCUT2D eigenvalue weighted by molar-refractivity contribution is 7.91. The van der Waals surface area contributed by atoms with Gasteiger partial charge in [0.1, 0.15) is 0 Å². The number of benzene rings is 1. The van der Waals surface area contributed by atoms with Crippen molar-refractivity contribution in [2.45, 2.75) is 5.75 Å². The minimum Gasteiger partial charge on any atom is -0.282 e. The van der Waals surface area contributed by atoms with Gasteiger partial charge in [0.05, 0.1) is 17.6 Å². The van der Waals surface area contributed by atoms with Crippen LogP contribution in [0.2, 0.25) is 10.0 Å². The zero-order chi connectivity index (χ0) is 13.9. The van der Waals surface area contributed by atoms with Crippen LogP contribution in [0.5, 0.6) is 0 Å². The Morgan fingerprint density at radius 3 is 2.63 bits per heavy atom. The zero-order valence-corrected chi connectivity index (χ0v) is 12.0. The quantitative estimate of drug-likeness (QED) is 0.941. The lowest BCUT2D eigenvalue weighted by Crippen LogP contribution is -2.15. The van der Waals surface area contributed by atoms with Crippen molar-refractivity contribution in [3.8, 4) is 0 Å². The first-order chi connectivity index (χ1) is 8.96. The second-order valence-electron chi connectivity index (χ2n) is 3.84. The molecule has 0 aliphatic carbocycles. The number of anilines is 1. The largest absolute Gasteiger partial charge is 0.282 e. The molecule has 100 valence electrons. The molecule has 1 aromatic carbocycles. The van der Waals surface area contributed by atoms with Gasteiger partial charge in [-0.05, 0) is 29.8 Å². The van der Waals surface area contributed by atoms with E-state index in [-0.39, 0.29) is 5.75 Å². The van der Waals surface area contributed by atoms with Crippen molar-refractivity contribution in [2.24, 2.45) is 0 Å². The summed E-state index contributed by atoms with van der Waals surface area (Å²) in [5, 5.41) is 0.787. The van der Waals surface area contributed by atoms with Crippen molar-refractivity contribution < 1.29 is 8.42 Å². The number of rotatable bonds is 4. The van der Waals surface area contributed by atoms with Crippen LogP contribution in [0.3, 0.4) is 0 Å². The van der Waals surface area contributed by atoms with Crippen molar-refractivity contribution >= 4 is 38.9 Å². The summed E-state index contributed by atoms with van der Waals surface area (Å²) in [5.74, 6) is -0.224. The molecule has 4 nitrogen and oxygen atoms in total. The van der Waals surface area contributed by atoms with Gasteiger partial charge in [-0.2, -0.15) is 0 Å². The molecule has 19 heavy (non-hydrogen) atoms. The van der Waals surface area contributed by atoms with E-state index in [1.165, 1.54) is 12.3 Å². The first-order valence-corrected chi connectivity index (χ1v) is 7.71. The molecule has 0 spiro atoms. The van der Waals surface area contributed by atoms with Gasteiger partial charge in [-0.25, -0.2) is 8.42 Å². The van der Waals surface area contributed by atoms with Crippen LogP contribution in [0.1, 0.15) is 5.56 Å². The van der Waals surface area contributed by atoms with E-state index in [1.54, 1.807) is 30.5 Å². The second-order valence-corrected chi connectivity index (χ2v) is 6.40. The fourth-order valence-corrected chi connectivity index (χ4v) is 3.25. The molecule has 7 heteroatoms. The lowest BCUT2D eigenvalue weighted by molar-refractivity contribution is 0.600. The molecule has 0 aliphatic heterocycles. The van der Waals surface area contributed by atoms with Crippen molar-refractivity contribution in [1.82, 2.24) is 4.98 Å². The summed E-state index contributed by atoms with van der Waals surface area (Å²) in [6.07, 6.45) is 2.99. The first kappa shape index (κ1) is 14.1. The molecule has 0 bridgehead atoms. The molecule has 0 saturated heterocycles. The molecule has 0 fully saturated rings. The third kappa shape index (κ3) is 4.09. The van der Waals surface area contributed by atoms with Gasteiger partial charge in [-0.15, -0.1) is 0 Å². The summed E-state index contributed by atoms with van der Waals surface area (Å²) in [5.41, 5.74) is 0.898. The Kier molecular flexibility index (Phi) is 4.29. The first-order valence-electron chi connectivity index (χ1n) is 5.31. The lowest BCUT2D eigenvalue weighted by atomic mass is 10.2. The summed E-state index contributed by atoms with van der Waals surface area (Å²) < 4.78 is 26.4. The average Bonchev–Trinajstić information content (AvgIpc) is 2.33. The van der Waals surface area contributed by atoms with Crippen LogP contribution in [0.4, 0.5) is 5.69 Å². The molecule has 2 aromatic rings. The second kappa shape index (κ2) is 5.77. The van der Waals surface area contributed by atoms with Gasteiger partial charge in [0.25, 0.3) is 0 Å². The van der Waals surface area contributed by atoms with E-state index < -0.39 is 10.0 Å². The van der Waals surface area contributed by atoms with E-state index in [2.05, 4.69) is 9.71 Å². The summed E-state index contributed by atoms with van der Waals surface area (Å²) in [4.78, 5) is 3.83. The predicted octanol–water partition coefficient (Wildman–Crippen LogP) is 3.33. The topological polar surface area (TPSA) is 59.1 Å². The Hall–Kier alpha value is -1.30. The zero-order valence-electron chi connectivity index (χ0n) is 9.68. The number of hydrogen-bond acceptors (Lipinski definition) is 3. The van der Waals surface area contributed by atoms with Gasteiger partial charge in [0, 0.05) is 16.2 Å². The highest BCUT2D eigenvalue weighted by Gasteiger charge is 2.14. The monoisotopic (exact) mass is 316 g/mol. The van der Waals surface area contributed by atoms with E-state index in [9.17, 15) is 8.42 Å². The summed E-state index contributed by atoms with van der Waals surface area (Å²) >= 11 is 11.7. The molecule has 1 heterocycles. The molecule has 2 rings (SSSR count). The SMILES string of the molecule is O=S(=O)(Cc1ccc(Cl)cc1Cl)Nc1cccnc1. The minimum absolute atomic E-state index is 0.224. The Morgan fingerprint density at radius 2 is 2.00 bits per heavy atom. The van der Waals surface area contributed by atoms with Crippen molar-refractivity contribution in [2.75, 3.05) is 4.72 Å². The Balaban J connectivity index is 2.17. The van der Waals surface area contributed by atoms with Gasteiger partial charge < -0.3 is 0 Å². The minimum atomic E-state index is -3.54. The molecule has 0 amide bonds. The van der Waals surface area contributed by atoms with E-state index in [4.69, 9.17) is 23.2 Å². The maximum Gasteiger partial charge on any atom is 0.237 e. The number of halogens is 2. The summed E-state index contributed by atoms with van der Waals surface area (Å²) in [6, 6.07) is 7.97. The molecule has 0 aliphatic rings. The van der Waals surface area contributed by atoms with Crippen LogP contribution < -0.4 is 4.72 Å². The van der Waals surface area contributed by atoms with Crippen molar-refractivity contribution in [1.29, 1.82) is 0 Å². The van der Waals surface area contributed by atoms with E-state index in [1.807, 2.05) is 0 Å². The average molecular weight is 317 g/mol. The van der Waals surface area contributed by atoms with Crippen molar-refractivity contribution in [3.05, 3.63) is 58.3 Å². The molecular weight excluding hydrogens is 307 g/mol. The standard InChI is InChI=1S/C12H10Cl2N2O2S/c13-10-4-3-9(12(14)6-10)8-19(17,18)16-11-2-1-5-15-7-11/h1-7,16H,8H2. The van der Waals surface area contributed by atoms with Crippen LogP contribution in [-0.2, 0) is 15.8 Å². The Bertz CT molecular complexity index is 675. The molecule has 1 aromatic heterocycles. The van der Waals surface area contributed by atoms with E-state index in [0.717, 1.165) is 0 Å². The van der Waals surface area contributed by atoms with E-state index in [0.29, 0.717) is 21.3 Å². The van der Waals surface area contributed by atoms with Gasteiger partial charge >= 0.3 is 0 Å². The fraction of sp³-hybridized carbons (Fsp3) is 0.0833. The van der Waals surface area contributed by atoms with Crippen LogP contribution >= 0.6 is 23.2 Å². The maximum absolute atomic E-state index is 12.0. The number of hydrogen-bond donors (Lipinski definition) is 1. The molecule has 0 saturated carbocycles. The number of sulfonamides is 1. The maximum atomic E-state index is 12.0. The number of aromatic nitrogens is 1. The normalized spacial score (nSPS) is 11.3. The summed E-state index contributed by atoms with van der Waals surface area (Å²) in [7, 11) is -3.54. The molecular formula is C12H10Cl2N2O2S. The van der Waals surface area contributed by atoms with Gasteiger partial charge in [0.15, 0.2) is 0 Å². The lowest BCUT2D eigenvalue weighted by Gasteiger charge is -2.09. The number of pyridine rings is 1. The molecule has 0 atom stereocenters. The summed E-state index contributed by atoms with van der Waals surface area (Å²) in [6.45, 7) is 0. The van der Waals surface area contributed by atoms with Gasteiger partial charge in [0.2, 0.25) is 10.0 Å². The smallest absolute Gasteiger partial charge is 0.237 e. The molecule has 1 N–H and O–H groups in total. The molecule has 0 radical (unpaired) electrons. The fourth-order valence-electron chi connectivity index (χ4n) is 1.48. The van der Waals surface area contributed by atoms with Crippen LogP contribution in [-0.4, -0.2) is 13.4 Å². The molecule has 0 unspecified atom stereocenters. The Labute approximate surface area is 121 Å². The third-order valence-electron chi connectivity index (χ3n) is 2.30. The highest BCUT2D eigenvalue weighted by Crippen LogP contribution is 2.23. The van der Waals surface area contributed by atoms with Crippen LogP contribution in [0.25, 0.3) is 0 Å². The Morgan fingerprint density at radius 1 is 1.21 bits per heavy atom. The van der Waals surface area contributed by atoms with Crippen LogP contribution in [0.15, 0.2) is 42.7 Å².